The molecule has 3 nitrogen and oxygen atoms in total. The van der Waals surface area contributed by atoms with Crippen molar-refractivity contribution in [2.45, 2.75) is 13.3 Å². The number of rotatable bonds is 2. The van der Waals surface area contributed by atoms with E-state index in [9.17, 15) is 13.0 Å². The number of hydrogen-bond acceptors (Lipinski definition) is 3. The summed E-state index contributed by atoms with van der Waals surface area (Å²) in [6, 6.07) is 0. The van der Waals surface area contributed by atoms with Crippen molar-refractivity contribution >= 4 is 10.1 Å². The van der Waals surface area contributed by atoms with Crippen LogP contribution in [0.1, 0.15) is 13.3 Å². The van der Waals surface area contributed by atoms with Crippen molar-refractivity contribution in [3.05, 3.63) is 11.5 Å². The topological polar surface area (TPSA) is 57.2 Å². The fraction of sp³-hybridized carbons (Fsp3) is 0.500. The summed E-state index contributed by atoms with van der Waals surface area (Å²) < 4.78 is 29.7. The third-order valence-electron chi connectivity index (χ3n) is 0.748. The Labute approximate surface area is 77.2 Å². The van der Waals surface area contributed by atoms with Gasteiger partial charge in [-0.25, -0.2) is 8.42 Å². The Morgan fingerprint density at radius 3 is 2.00 bits per heavy atom. The van der Waals surface area contributed by atoms with Crippen LogP contribution in [0.2, 0.25) is 0 Å². The Morgan fingerprint density at radius 2 is 2.00 bits per heavy atom. The third-order valence-corrected chi connectivity index (χ3v) is 1.74. The fourth-order valence-electron chi connectivity index (χ4n) is 0.177. The number of hydrogen-bond donors (Lipinski definition) is 0. The predicted molar refractivity (Wildman–Crippen MR) is 29.1 cm³/mol. The smallest absolute Gasteiger partial charge is 0.744 e. The van der Waals surface area contributed by atoms with Gasteiger partial charge in [-0.2, -0.15) is 0 Å². The van der Waals surface area contributed by atoms with Gasteiger partial charge in [-0.05, 0) is 6.42 Å². The number of allylic oxidation sites excluding steroid dienone is 1. The van der Waals surface area contributed by atoms with Crippen molar-refractivity contribution in [3.63, 3.8) is 0 Å². The van der Waals surface area contributed by atoms with Crippen molar-refractivity contribution in [2.75, 3.05) is 0 Å². The van der Waals surface area contributed by atoms with Crippen LogP contribution in [0.5, 0.6) is 0 Å². The van der Waals surface area contributed by atoms with E-state index in [1.54, 1.807) is 6.92 Å². The van der Waals surface area contributed by atoms with E-state index >= 15 is 0 Å². The van der Waals surface area contributed by atoms with E-state index in [1.807, 2.05) is 0 Å². The van der Waals surface area contributed by atoms with Crippen LogP contribution >= 0.6 is 0 Å². The molecule has 0 fully saturated rings. The minimum atomic E-state index is -4.20. The standard InChI is InChI=1S/C4H8O3S.Na/c1-3-4(2)8(5,6)7;/h2-3H2,1H3,(H,5,6,7);/q;+1/p-1. The molecule has 0 spiro atoms. The molecular formula is C4H7NaO3S. The quantitative estimate of drug-likeness (QED) is 0.328. The first-order valence-electron chi connectivity index (χ1n) is 2.12. The first-order valence-corrected chi connectivity index (χ1v) is 3.53. The summed E-state index contributed by atoms with van der Waals surface area (Å²) in [5, 5.41) is 0. The van der Waals surface area contributed by atoms with Gasteiger partial charge < -0.3 is 4.55 Å². The first kappa shape index (κ1) is 12.3. The molecule has 0 amide bonds. The van der Waals surface area contributed by atoms with Gasteiger partial charge in [0.1, 0.15) is 10.1 Å². The van der Waals surface area contributed by atoms with E-state index in [4.69, 9.17) is 0 Å². The average molecular weight is 158 g/mol. The third kappa shape index (κ3) is 5.11. The first-order chi connectivity index (χ1) is 3.48. The summed E-state index contributed by atoms with van der Waals surface area (Å²) in [4.78, 5) is -0.252. The zero-order valence-corrected chi connectivity index (χ0v) is 8.36. The average Bonchev–Trinajstić information content (AvgIpc) is 1.62. The van der Waals surface area contributed by atoms with Gasteiger partial charge in [0.25, 0.3) is 0 Å². The molecule has 0 aromatic carbocycles. The molecule has 0 aliphatic rings. The SMILES string of the molecule is C=C(CC)S(=O)(=O)[O-].[Na+]. The second-order valence-corrected chi connectivity index (χ2v) is 2.83. The van der Waals surface area contributed by atoms with Crippen molar-refractivity contribution in [3.8, 4) is 0 Å². The van der Waals surface area contributed by atoms with Crippen LogP contribution in [0.25, 0.3) is 0 Å². The molecular weight excluding hydrogens is 151 g/mol. The molecule has 0 N–H and O–H groups in total. The summed E-state index contributed by atoms with van der Waals surface area (Å²) in [6.07, 6.45) is 0.200. The minimum Gasteiger partial charge on any atom is -0.744 e. The van der Waals surface area contributed by atoms with Crippen LogP contribution in [0.4, 0.5) is 0 Å². The Kier molecular flexibility index (Phi) is 6.12. The largest absolute Gasteiger partial charge is 1.00 e. The molecule has 0 atom stereocenters. The Balaban J connectivity index is 0. The Hall–Kier alpha value is 0.650. The second kappa shape index (κ2) is 4.46. The van der Waals surface area contributed by atoms with E-state index in [-0.39, 0.29) is 40.9 Å². The van der Waals surface area contributed by atoms with Gasteiger partial charge in [-0.3, -0.25) is 0 Å². The minimum absolute atomic E-state index is 0. The summed E-state index contributed by atoms with van der Waals surface area (Å²) in [6.45, 7) is 4.61. The maximum Gasteiger partial charge on any atom is 1.00 e. The summed E-state index contributed by atoms with van der Waals surface area (Å²) >= 11 is 0. The normalized spacial score (nSPS) is 10.0. The molecule has 0 radical (unpaired) electrons. The van der Waals surface area contributed by atoms with Gasteiger partial charge in [0, 0.05) is 4.91 Å². The van der Waals surface area contributed by atoms with E-state index in [0.29, 0.717) is 0 Å². The van der Waals surface area contributed by atoms with E-state index < -0.39 is 10.1 Å². The van der Waals surface area contributed by atoms with Gasteiger partial charge in [0.15, 0.2) is 0 Å². The molecule has 48 valence electrons. The van der Waals surface area contributed by atoms with E-state index in [2.05, 4.69) is 6.58 Å². The van der Waals surface area contributed by atoms with Crippen molar-refractivity contribution < 1.29 is 42.5 Å². The van der Waals surface area contributed by atoms with Gasteiger partial charge in [0.05, 0.1) is 0 Å². The molecule has 0 heterocycles. The molecule has 0 aliphatic heterocycles. The van der Waals surface area contributed by atoms with Gasteiger partial charge in [-0.1, -0.05) is 13.5 Å². The maximum absolute atomic E-state index is 9.91. The van der Waals surface area contributed by atoms with E-state index in [1.165, 1.54) is 0 Å². The molecule has 0 aromatic rings. The molecule has 5 heteroatoms. The van der Waals surface area contributed by atoms with Crippen LogP contribution in [0, 0.1) is 0 Å². The maximum atomic E-state index is 9.91. The van der Waals surface area contributed by atoms with Crippen molar-refractivity contribution in [2.24, 2.45) is 0 Å². The van der Waals surface area contributed by atoms with E-state index in [0.717, 1.165) is 0 Å². The molecule has 0 aromatic heterocycles. The predicted octanol–water partition coefficient (Wildman–Crippen LogP) is -2.54. The van der Waals surface area contributed by atoms with Crippen LogP contribution in [-0.2, 0) is 10.1 Å². The fourth-order valence-corrected chi connectivity index (χ4v) is 0.530. The van der Waals surface area contributed by atoms with Crippen LogP contribution in [0.3, 0.4) is 0 Å². The molecule has 0 saturated heterocycles. The zero-order valence-electron chi connectivity index (χ0n) is 5.55. The summed E-state index contributed by atoms with van der Waals surface area (Å²) in [5.41, 5.74) is 0. The van der Waals surface area contributed by atoms with Gasteiger partial charge >= 0.3 is 29.6 Å². The van der Waals surface area contributed by atoms with Crippen LogP contribution < -0.4 is 29.6 Å². The van der Waals surface area contributed by atoms with Crippen molar-refractivity contribution in [1.29, 1.82) is 0 Å². The molecule has 0 bridgehead atoms. The Morgan fingerprint density at radius 1 is 1.67 bits per heavy atom. The molecule has 0 unspecified atom stereocenters. The van der Waals surface area contributed by atoms with Crippen LogP contribution in [-0.4, -0.2) is 13.0 Å². The molecule has 9 heavy (non-hydrogen) atoms. The molecule has 0 aliphatic carbocycles. The van der Waals surface area contributed by atoms with Crippen LogP contribution in [0.15, 0.2) is 11.5 Å². The Bertz CT molecular complexity index is 182. The van der Waals surface area contributed by atoms with Gasteiger partial charge in [0.2, 0.25) is 0 Å². The summed E-state index contributed by atoms with van der Waals surface area (Å²) in [5.74, 6) is 0. The molecule has 0 rings (SSSR count). The van der Waals surface area contributed by atoms with Crippen molar-refractivity contribution in [1.82, 2.24) is 0 Å². The zero-order chi connectivity index (χ0) is 6.78. The monoisotopic (exact) mass is 158 g/mol. The summed E-state index contributed by atoms with van der Waals surface area (Å²) in [7, 11) is -4.20. The molecule has 0 saturated carbocycles. The van der Waals surface area contributed by atoms with Gasteiger partial charge in [-0.15, -0.1) is 0 Å². The second-order valence-electron chi connectivity index (χ2n) is 1.35.